The molecule has 0 saturated heterocycles. The van der Waals surface area contributed by atoms with Crippen molar-refractivity contribution in [3.63, 3.8) is 0 Å². The molecular formula is C35H38N2O13S3. The number of aryl methyl sites for hydroxylation is 2. The summed E-state index contributed by atoms with van der Waals surface area (Å²) < 4.78 is 105. The number of esters is 2. The van der Waals surface area contributed by atoms with Gasteiger partial charge in [-0.2, -0.15) is 0 Å². The molecular weight excluding hydrogens is 753 g/mol. The van der Waals surface area contributed by atoms with Gasteiger partial charge in [0.25, 0.3) is 10.0 Å². The molecule has 4 aromatic rings. The topological polar surface area (TPSA) is 221 Å². The molecule has 4 rings (SSSR count). The van der Waals surface area contributed by atoms with Crippen molar-refractivity contribution in [3.05, 3.63) is 96.1 Å². The summed E-state index contributed by atoms with van der Waals surface area (Å²) in [6, 6.07) is 20.0. The molecule has 0 aliphatic carbocycles. The molecule has 0 radical (unpaired) electrons. The van der Waals surface area contributed by atoms with Gasteiger partial charge in [0.15, 0.2) is 44.4 Å². The number of rotatable bonds is 18. The standard InChI is InChI=1S/C35H38N2O13S3/c1-24-4-9-27(10-5-24)51(40,41)18-16-47-34(38)22-49-32-15-13-29(53(44,45)37-31-14-8-26(46-3)20-30(31)36)21-33(32)50-23-35(39)48-17-19-52(42,43)28-11-6-25(2)7-12-28/h4-15,20-21,37H,16-19,22-23,36H2,1-3H3. The molecule has 0 bridgehead atoms. The van der Waals surface area contributed by atoms with Crippen molar-refractivity contribution >= 4 is 53.0 Å². The van der Waals surface area contributed by atoms with Crippen molar-refractivity contribution in [1.82, 2.24) is 0 Å². The predicted molar refractivity (Wildman–Crippen MR) is 194 cm³/mol. The molecule has 53 heavy (non-hydrogen) atoms. The van der Waals surface area contributed by atoms with E-state index in [0.29, 0.717) is 5.75 Å². The van der Waals surface area contributed by atoms with Gasteiger partial charge >= 0.3 is 11.9 Å². The first-order valence-corrected chi connectivity index (χ1v) is 20.5. The highest BCUT2D eigenvalue weighted by molar-refractivity contribution is 7.92. The van der Waals surface area contributed by atoms with E-state index in [1.807, 2.05) is 13.8 Å². The molecule has 0 atom stereocenters. The highest BCUT2D eigenvalue weighted by Crippen LogP contribution is 2.32. The number of carbonyl (C=O) groups is 2. The molecule has 0 aromatic heterocycles. The van der Waals surface area contributed by atoms with Crippen molar-refractivity contribution in [3.8, 4) is 17.2 Å². The minimum absolute atomic E-state index is 0.0462. The highest BCUT2D eigenvalue weighted by Gasteiger charge is 2.22. The van der Waals surface area contributed by atoms with Gasteiger partial charge in [0.05, 0.1) is 44.7 Å². The van der Waals surface area contributed by atoms with E-state index >= 15 is 0 Å². The molecule has 0 saturated carbocycles. The molecule has 0 amide bonds. The van der Waals surface area contributed by atoms with E-state index in [4.69, 9.17) is 29.4 Å². The van der Waals surface area contributed by atoms with E-state index in [-0.39, 0.29) is 37.6 Å². The predicted octanol–water partition coefficient (Wildman–Crippen LogP) is 3.49. The number of ether oxygens (including phenoxy) is 5. The Labute approximate surface area is 307 Å². The Morgan fingerprint density at radius 3 is 1.57 bits per heavy atom. The van der Waals surface area contributed by atoms with E-state index in [0.717, 1.165) is 29.3 Å². The number of nitrogens with two attached hydrogens (primary N) is 1. The van der Waals surface area contributed by atoms with E-state index in [9.17, 15) is 34.8 Å². The Kier molecular flexibility index (Phi) is 13.3. The van der Waals surface area contributed by atoms with Crippen LogP contribution in [-0.2, 0) is 48.8 Å². The monoisotopic (exact) mass is 790 g/mol. The van der Waals surface area contributed by atoms with Gasteiger partial charge in [-0.1, -0.05) is 35.4 Å². The van der Waals surface area contributed by atoms with Gasteiger partial charge in [-0.15, -0.1) is 0 Å². The summed E-state index contributed by atoms with van der Waals surface area (Å²) in [6.45, 7) is 1.12. The van der Waals surface area contributed by atoms with E-state index in [1.54, 1.807) is 24.3 Å². The molecule has 4 aromatic carbocycles. The SMILES string of the molecule is COc1ccc(NS(=O)(=O)c2ccc(OCC(=O)OCCS(=O)(=O)c3ccc(C)cc3)c(OCC(=O)OCCS(=O)(=O)c3ccc(C)cc3)c2)c(N)c1. The number of nitrogens with one attached hydrogen (secondary N) is 1. The zero-order valence-corrected chi connectivity index (χ0v) is 31.4. The third kappa shape index (κ3) is 11.6. The molecule has 0 fully saturated rings. The Morgan fingerprint density at radius 1 is 0.623 bits per heavy atom. The molecule has 284 valence electrons. The van der Waals surface area contributed by atoms with Crippen LogP contribution in [0.5, 0.6) is 17.2 Å². The van der Waals surface area contributed by atoms with Crippen molar-refractivity contribution < 1.29 is 58.5 Å². The lowest BCUT2D eigenvalue weighted by Crippen LogP contribution is -2.21. The smallest absolute Gasteiger partial charge is 0.344 e. The lowest BCUT2D eigenvalue weighted by molar-refractivity contribution is -0.146. The van der Waals surface area contributed by atoms with Gasteiger partial charge in [-0.25, -0.2) is 34.8 Å². The summed E-state index contributed by atoms with van der Waals surface area (Å²) in [5.41, 5.74) is 7.83. The molecule has 3 N–H and O–H groups in total. The average molecular weight is 791 g/mol. The van der Waals surface area contributed by atoms with E-state index < -0.39 is 79.6 Å². The van der Waals surface area contributed by atoms with Crippen LogP contribution in [0.3, 0.4) is 0 Å². The van der Waals surface area contributed by atoms with E-state index in [2.05, 4.69) is 4.72 Å². The molecule has 0 aliphatic rings. The fourth-order valence-corrected chi connectivity index (χ4v) is 7.75. The van der Waals surface area contributed by atoms with Crippen molar-refractivity contribution in [2.45, 2.75) is 28.5 Å². The number of hydrogen-bond donors (Lipinski definition) is 2. The van der Waals surface area contributed by atoms with Crippen LogP contribution >= 0.6 is 0 Å². The number of nitrogen functional groups attached to an aromatic ring is 1. The lowest BCUT2D eigenvalue weighted by atomic mass is 10.2. The van der Waals surface area contributed by atoms with Crippen LogP contribution in [-0.4, -0.2) is 82.2 Å². The number of hydrogen-bond acceptors (Lipinski definition) is 14. The zero-order valence-electron chi connectivity index (χ0n) is 28.9. The van der Waals surface area contributed by atoms with Crippen LogP contribution in [0.1, 0.15) is 11.1 Å². The second-order valence-corrected chi connectivity index (χ2v) is 17.4. The highest BCUT2D eigenvalue weighted by atomic mass is 32.2. The molecule has 0 heterocycles. The van der Waals surface area contributed by atoms with Crippen molar-refractivity contribution in [2.24, 2.45) is 0 Å². The Morgan fingerprint density at radius 2 is 1.09 bits per heavy atom. The second-order valence-electron chi connectivity index (χ2n) is 11.4. The average Bonchev–Trinajstić information content (AvgIpc) is 3.11. The first-order valence-electron chi connectivity index (χ1n) is 15.8. The number of anilines is 2. The van der Waals surface area contributed by atoms with E-state index in [1.165, 1.54) is 49.6 Å². The second kappa shape index (κ2) is 17.5. The minimum Gasteiger partial charge on any atom is -0.497 e. The van der Waals surface area contributed by atoms with Gasteiger partial charge in [-0.3, -0.25) is 4.72 Å². The van der Waals surface area contributed by atoms with Crippen LogP contribution in [0, 0.1) is 13.8 Å². The number of benzene rings is 4. The zero-order chi connectivity index (χ0) is 38.8. The number of methoxy groups -OCH3 is 1. The first kappa shape index (κ1) is 40.4. The summed E-state index contributed by atoms with van der Waals surface area (Å²) in [5.74, 6) is -3.02. The first-order chi connectivity index (χ1) is 25.0. The Bertz CT molecular complexity index is 2260. The Hall–Kier alpha value is -5.33. The summed E-state index contributed by atoms with van der Waals surface area (Å²) in [6.07, 6.45) is 0. The fourth-order valence-electron chi connectivity index (χ4n) is 4.47. The molecule has 15 nitrogen and oxygen atoms in total. The molecule has 0 aliphatic heterocycles. The quantitative estimate of drug-likeness (QED) is 0.109. The normalized spacial score (nSPS) is 11.7. The number of sulfonamides is 1. The van der Waals surface area contributed by atoms with Crippen LogP contribution in [0.4, 0.5) is 11.4 Å². The van der Waals surface area contributed by atoms with Gasteiger partial charge in [0, 0.05) is 12.1 Å². The lowest BCUT2D eigenvalue weighted by Gasteiger charge is -2.15. The van der Waals surface area contributed by atoms with Crippen LogP contribution in [0.2, 0.25) is 0 Å². The van der Waals surface area contributed by atoms with Gasteiger partial charge in [0.2, 0.25) is 0 Å². The molecule has 0 spiro atoms. The minimum atomic E-state index is -4.31. The maximum Gasteiger partial charge on any atom is 0.344 e. The van der Waals surface area contributed by atoms with Crippen LogP contribution in [0.25, 0.3) is 0 Å². The van der Waals surface area contributed by atoms with Gasteiger partial charge in [-0.05, 0) is 62.4 Å². The van der Waals surface area contributed by atoms with Crippen LogP contribution in [0.15, 0.2) is 99.6 Å². The van der Waals surface area contributed by atoms with Gasteiger partial charge < -0.3 is 29.4 Å². The maximum absolute atomic E-state index is 13.3. The third-order valence-electron chi connectivity index (χ3n) is 7.41. The van der Waals surface area contributed by atoms with Gasteiger partial charge in [0.1, 0.15) is 19.0 Å². The third-order valence-corrected chi connectivity index (χ3v) is 12.2. The van der Waals surface area contributed by atoms with Crippen molar-refractivity contribution in [1.29, 1.82) is 0 Å². The summed E-state index contributed by atoms with van der Waals surface area (Å²) in [7, 11) is -10.4. The summed E-state index contributed by atoms with van der Waals surface area (Å²) >= 11 is 0. The molecule has 0 unspecified atom stereocenters. The van der Waals surface area contributed by atoms with Crippen molar-refractivity contribution in [2.75, 3.05) is 55.5 Å². The van der Waals surface area contributed by atoms with Crippen LogP contribution < -0.4 is 24.7 Å². The largest absolute Gasteiger partial charge is 0.497 e. The number of sulfone groups is 2. The summed E-state index contributed by atoms with van der Waals surface area (Å²) in [5, 5.41) is 0. The molecule has 18 heteroatoms. The summed E-state index contributed by atoms with van der Waals surface area (Å²) in [4.78, 5) is 24.8. The fraction of sp³-hybridized carbons (Fsp3) is 0.257. The number of carbonyl (C=O) groups excluding carboxylic acids is 2. The Balaban J connectivity index is 1.43. The maximum atomic E-state index is 13.3.